The third-order valence-corrected chi connectivity index (χ3v) is 6.67. The van der Waals surface area contributed by atoms with Crippen molar-refractivity contribution in [3.05, 3.63) is 23.8 Å². The van der Waals surface area contributed by atoms with Crippen molar-refractivity contribution < 1.29 is 19.0 Å². The molecular weight excluding hydrogens is 356 g/mol. The Hall–Kier alpha value is -1.79. The van der Waals surface area contributed by atoms with Gasteiger partial charge in [0.25, 0.3) is 0 Å². The number of benzene rings is 1. The van der Waals surface area contributed by atoms with Gasteiger partial charge in [-0.3, -0.25) is 9.69 Å². The molecule has 1 aromatic rings. The van der Waals surface area contributed by atoms with Crippen molar-refractivity contribution in [1.29, 1.82) is 0 Å². The number of ether oxygens (including phenoxy) is 3. The van der Waals surface area contributed by atoms with Crippen LogP contribution >= 0.6 is 0 Å². The Bertz CT molecular complexity index is 735. The quantitative estimate of drug-likeness (QED) is 0.814. The molecule has 2 aliphatic carbocycles. The summed E-state index contributed by atoms with van der Waals surface area (Å²) in [6.45, 7) is 5.92. The molecule has 1 N–H and O–H groups in total. The molecule has 4 atom stereocenters. The minimum Gasteiger partial charge on any atom is -0.454 e. The second-order valence-electron chi connectivity index (χ2n) is 9.00. The highest BCUT2D eigenvalue weighted by molar-refractivity contribution is 5.73. The van der Waals surface area contributed by atoms with E-state index in [1.54, 1.807) is 6.92 Å². The molecule has 0 spiro atoms. The van der Waals surface area contributed by atoms with Crippen molar-refractivity contribution in [3.8, 4) is 11.5 Å². The topological polar surface area (TPSA) is 60.0 Å². The third kappa shape index (κ3) is 3.98. The van der Waals surface area contributed by atoms with Crippen LogP contribution in [0.1, 0.15) is 38.2 Å². The predicted octanol–water partition coefficient (Wildman–Crippen LogP) is 2.56. The fraction of sp³-hybridized carbons (Fsp3) is 0.682. The minimum atomic E-state index is 0.0543. The van der Waals surface area contributed by atoms with Crippen LogP contribution < -0.4 is 14.8 Å². The third-order valence-electron chi connectivity index (χ3n) is 6.67. The van der Waals surface area contributed by atoms with Gasteiger partial charge >= 0.3 is 0 Å². The van der Waals surface area contributed by atoms with E-state index in [9.17, 15) is 4.79 Å². The molecular formula is C22H30N2O4. The number of fused-ring (bicyclic) bond motifs is 2. The van der Waals surface area contributed by atoms with Gasteiger partial charge in [-0.25, -0.2) is 0 Å². The molecule has 4 aliphatic rings. The highest BCUT2D eigenvalue weighted by atomic mass is 16.7. The van der Waals surface area contributed by atoms with E-state index in [1.807, 2.05) is 6.07 Å². The van der Waals surface area contributed by atoms with Gasteiger partial charge in [-0.05, 0) is 61.1 Å². The SMILES string of the molecule is CC(=O)N[C@@H]1C[C@@H]2CN(Cc3ccc4c(c3)OCO4)C[C@@H]2C[C@H]1OCC1CC1. The molecule has 152 valence electrons. The lowest BCUT2D eigenvalue weighted by Crippen LogP contribution is -2.50. The first kappa shape index (κ1) is 18.3. The van der Waals surface area contributed by atoms with Crippen LogP contribution in [-0.4, -0.2) is 49.4 Å². The highest BCUT2D eigenvalue weighted by Gasteiger charge is 2.43. The Kier molecular flexibility index (Phi) is 4.93. The first-order chi connectivity index (χ1) is 13.6. The maximum absolute atomic E-state index is 11.7. The Morgan fingerprint density at radius 1 is 1.18 bits per heavy atom. The Morgan fingerprint density at radius 2 is 1.96 bits per heavy atom. The fourth-order valence-corrected chi connectivity index (χ4v) is 5.08. The average molecular weight is 386 g/mol. The van der Waals surface area contributed by atoms with Crippen LogP contribution in [0.4, 0.5) is 0 Å². The first-order valence-electron chi connectivity index (χ1n) is 10.6. The summed E-state index contributed by atoms with van der Waals surface area (Å²) >= 11 is 0. The standard InChI is InChI=1S/C22H30N2O4/c1-14(25)23-19-7-17-10-24(9-16-4-5-20-22(6-16)28-13-27-20)11-18(17)8-21(19)26-12-15-2-3-15/h4-6,15,17-19,21H,2-3,7-13H2,1H3,(H,23,25)/t17-,18+,19-,21-/m1/s1. The maximum Gasteiger partial charge on any atom is 0.231 e. The largest absolute Gasteiger partial charge is 0.454 e. The summed E-state index contributed by atoms with van der Waals surface area (Å²) in [7, 11) is 0. The maximum atomic E-state index is 11.7. The van der Waals surface area contributed by atoms with Crippen LogP contribution in [-0.2, 0) is 16.1 Å². The Labute approximate surface area is 166 Å². The molecule has 2 saturated carbocycles. The molecule has 0 unspecified atom stereocenters. The molecule has 0 bridgehead atoms. The predicted molar refractivity (Wildman–Crippen MR) is 104 cm³/mol. The van der Waals surface area contributed by atoms with E-state index in [2.05, 4.69) is 22.3 Å². The molecule has 6 nitrogen and oxygen atoms in total. The van der Waals surface area contributed by atoms with Gasteiger partial charge in [-0.2, -0.15) is 0 Å². The highest BCUT2D eigenvalue weighted by Crippen LogP contribution is 2.40. The number of hydrogen-bond acceptors (Lipinski definition) is 5. The van der Waals surface area contributed by atoms with E-state index in [0.717, 1.165) is 56.5 Å². The number of nitrogens with one attached hydrogen (secondary N) is 1. The molecule has 28 heavy (non-hydrogen) atoms. The van der Waals surface area contributed by atoms with Crippen LogP contribution in [0.3, 0.4) is 0 Å². The number of nitrogens with zero attached hydrogens (tertiary/aromatic N) is 1. The monoisotopic (exact) mass is 386 g/mol. The van der Waals surface area contributed by atoms with Crippen molar-refractivity contribution in [2.45, 2.75) is 51.3 Å². The van der Waals surface area contributed by atoms with Crippen LogP contribution in [0.2, 0.25) is 0 Å². The molecule has 1 aromatic carbocycles. The fourth-order valence-electron chi connectivity index (χ4n) is 5.08. The summed E-state index contributed by atoms with van der Waals surface area (Å²) in [5.74, 6) is 3.79. The molecule has 0 aromatic heterocycles. The van der Waals surface area contributed by atoms with E-state index in [1.165, 1.54) is 18.4 Å². The summed E-state index contributed by atoms with van der Waals surface area (Å²) in [6.07, 6.45) is 4.84. The molecule has 2 heterocycles. The van der Waals surface area contributed by atoms with Gasteiger partial charge in [0.2, 0.25) is 12.7 Å². The number of rotatable bonds is 6. The normalized spacial score (nSPS) is 31.6. The number of carbonyl (C=O) groups is 1. The number of likely N-dealkylation sites (tertiary alicyclic amines) is 1. The summed E-state index contributed by atoms with van der Waals surface area (Å²) in [5, 5.41) is 3.17. The van der Waals surface area contributed by atoms with Gasteiger partial charge < -0.3 is 19.5 Å². The van der Waals surface area contributed by atoms with Crippen molar-refractivity contribution >= 4 is 5.91 Å². The smallest absolute Gasteiger partial charge is 0.231 e. The number of amides is 1. The molecule has 5 rings (SSSR count). The van der Waals surface area contributed by atoms with E-state index >= 15 is 0 Å². The van der Waals surface area contributed by atoms with E-state index < -0.39 is 0 Å². The Morgan fingerprint density at radius 3 is 2.75 bits per heavy atom. The summed E-state index contributed by atoms with van der Waals surface area (Å²) in [5.41, 5.74) is 1.27. The molecule has 2 aliphatic heterocycles. The molecule has 0 radical (unpaired) electrons. The van der Waals surface area contributed by atoms with Crippen molar-refractivity contribution in [3.63, 3.8) is 0 Å². The molecule has 1 amide bonds. The second kappa shape index (κ2) is 7.56. The van der Waals surface area contributed by atoms with Gasteiger partial charge in [0.15, 0.2) is 11.5 Å². The first-order valence-corrected chi connectivity index (χ1v) is 10.6. The lowest BCUT2D eigenvalue weighted by molar-refractivity contribution is -0.122. The van der Waals surface area contributed by atoms with Crippen molar-refractivity contribution in [1.82, 2.24) is 10.2 Å². The van der Waals surface area contributed by atoms with Gasteiger partial charge in [0.05, 0.1) is 12.1 Å². The van der Waals surface area contributed by atoms with Crippen LogP contribution in [0.5, 0.6) is 11.5 Å². The number of hydrogen-bond donors (Lipinski definition) is 1. The lowest BCUT2D eigenvalue weighted by atomic mass is 9.77. The van der Waals surface area contributed by atoms with Crippen LogP contribution in [0.25, 0.3) is 0 Å². The Balaban J connectivity index is 1.22. The van der Waals surface area contributed by atoms with Crippen molar-refractivity contribution in [2.75, 3.05) is 26.5 Å². The van der Waals surface area contributed by atoms with Gasteiger partial charge in [-0.15, -0.1) is 0 Å². The lowest BCUT2D eigenvalue weighted by Gasteiger charge is -2.38. The summed E-state index contributed by atoms with van der Waals surface area (Å²) in [6, 6.07) is 6.40. The van der Waals surface area contributed by atoms with Crippen molar-refractivity contribution in [2.24, 2.45) is 17.8 Å². The zero-order valence-electron chi connectivity index (χ0n) is 16.6. The van der Waals surface area contributed by atoms with E-state index in [-0.39, 0.29) is 18.1 Å². The molecule has 6 heteroatoms. The minimum absolute atomic E-state index is 0.0543. The van der Waals surface area contributed by atoms with E-state index in [4.69, 9.17) is 14.2 Å². The van der Waals surface area contributed by atoms with E-state index in [0.29, 0.717) is 18.6 Å². The zero-order valence-corrected chi connectivity index (χ0v) is 16.6. The second-order valence-corrected chi connectivity index (χ2v) is 9.00. The average Bonchev–Trinajstić information content (AvgIpc) is 3.23. The summed E-state index contributed by atoms with van der Waals surface area (Å²) in [4.78, 5) is 14.2. The van der Waals surface area contributed by atoms with Gasteiger partial charge in [0, 0.05) is 33.2 Å². The van der Waals surface area contributed by atoms with Gasteiger partial charge in [-0.1, -0.05) is 6.07 Å². The number of carbonyl (C=O) groups excluding carboxylic acids is 1. The molecule has 3 fully saturated rings. The summed E-state index contributed by atoms with van der Waals surface area (Å²) < 4.78 is 17.2. The van der Waals surface area contributed by atoms with Crippen LogP contribution in [0.15, 0.2) is 18.2 Å². The van der Waals surface area contributed by atoms with Gasteiger partial charge in [0.1, 0.15) is 0 Å². The zero-order chi connectivity index (χ0) is 19.1. The molecule has 1 saturated heterocycles. The van der Waals surface area contributed by atoms with Crippen LogP contribution in [0, 0.1) is 17.8 Å².